The maximum Gasteiger partial charge on any atom is 0.311 e. The van der Waals surface area contributed by atoms with Gasteiger partial charge in [-0.1, -0.05) is 35.6 Å². The van der Waals surface area contributed by atoms with Crippen molar-refractivity contribution in [3.8, 4) is 5.88 Å². The summed E-state index contributed by atoms with van der Waals surface area (Å²) in [5.41, 5.74) is 4.13. The summed E-state index contributed by atoms with van der Waals surface area (Å²) in [5, 5.41) is 13.4. The number of aliphatic imine (C=N–C) groups is 1. The van der Waals surface area contributed by atoms with E-state index in [0.717, 1.165) is 43.3 Å². The van der Waals surface area contributed by atoms with Crippen LogP contribution < -0.4 is 10.2 Å². The van der Waals surface area contributed by atoms with Crippen molar-refractivity contribution < 1.29 is 9.90 Å². The lowest BCUT2D eigenvalue weighted by molar-refractivity contribution is -0.116. The van der Waals surface area contributed by atoms with E-state index in [1.807, 2.05) is 55.6 Å². The van der Waals surface area contributed by atoms with Crippen LogP contribution in [0.1, 0.15) is 17.4 Å². The average Bonchev–Trinajstić information content (AvgIpc) is 3.19. The monoisotopic (exact) mass is 437 g/mol. The fourth-order valence-electron chi connectivity index (χ4n) is 3.24. The van der Waals surface area contributed by atoms with E-state index in [1.54, 1.807) is 23.9 Å². The van der Waals surface area contributed by atoms with Crippen LogP contribution in [0, 0.1) is 0 Å². The van der Waals surface area contributed by atoms with Gasteiger partial charge in [-0.15, -0.1) is 11.8 Å². The molecule has 1 aliphatic rings. The fraction of sp³-hybridized carbons (Fsp3) is 0.136. The number of allylic oxidation sites excluding steroid dienone is 1. The number of fused-ring (bicyclic) bond motifs is 1. The molecule has 0 unspecified atom stereocenters. The number of thioether (sulfide) groups is 1. The summed E-state index contributed by atoms with van der Waals surface area (Å²) in [7, 11) is 0. The van der Waals surface area contributed by atoms with Gasteiger partial charge in [0.15, 0.2) is 0 Å². The molecule has 0 saturated carbocycles. The molecule has 2 N–H and O–H groups in total. The van der Waals surface area contributed by atoms with Crippen molar-refractivity contribution in [1.29, 1.82) is 0 Å². The van der Waals surface area contributed by atoms with Crippen LogP contribution in [-0.4, -0.2) is 27.5 Å². The molecule has 3 aromatic rings. The quantitative estimate of drug-likeness (QED) is 0.571. The third kappa shape index (κ3) is 3.96. The van der Waals surface area contributed by atoms with E-state index in [1.165, 1.54) is 0 Å². The second-order valence-corrected chi connectivity index (χ2v) is 8.57. The highest BCUT2D eigenvalue weighted by Crippen LogP contribution is 2.37. The number of aromatic nitrogens is 1. The van der Waals surface area contributed by atoms with Crippen LogP contribution in [0.3, 0.4) is 0 Å². The van der Waals surface area contributed by atoms with Crippen LogP contribution in [0.2, 0.25) is 0 Å². The van der Waals surface area contributed by atoms with Crippen LogP contribution in [-0.2, 0) is 11.3 Å². The van der Waals surface area contributed by atoms with E-state index >= 15 is 0 Å². The van der Waals surface area contributed by atoms with Crippen molar-refractivity contribution in [2.75, 3.05) is 11.6 Å². The van der Waals surface area contributed by atoms with E-state index in [-0.39, 0.29) is 18.3 Å². The predicted molar refractivity (Wildman–Crippen MR) is 124 cm³/mol. The number of hydrogen-bond donors (Lipinski definition) is 2. The molecule has 6 nitrogen and oxygen atoms in total. The Morgan fingerprint density at radius 3 is 2.87 bits per heavy atom. The average molecular weight is 438 g/mol. The van der Waals surface area contributed by atoms with Gasteiger partial charge < -0.3 is 10.4 Å². The van der Waals surface area contributed by atoms with Crippen molar-refractivity contribution in [3.63, 3.8) is 0 Å². The van der Waals surface area contributed by atoms with Crippen molar-refractivity contribution in [2.45, 2.75) is 18.4 Å². The van der Waals surface area contributed by atoms with Crippen molar-refractivity contribution in [1.82, 2.24) is 4.57 Å². The van der Waals surface area contributed by atoms with Crippen LogP contribution in [0.15, 0.2) is 63.2 Å². The van der Waals surface area contributed by atoms with Gasteiger partial charge in [-0.05, 0) is 43.5 Å². The number of carbonyl (C=O) groups excluding carboxylic acids is 1. The standard InChI is InChI=1S/C22H19N3O3S2/c1-13-17(16-8-3-4-9-18(16)23-13)11-19-21(27)25(22(28)30-19)12-20(26)24-14-6-5-7-15(10-14)29-2/h3-11,27H,12H2,1-2H3,(H,24,26). The van der Waals surface area contributed by atoms with Crippen molar-refractivity contribution >= 4 is 57.7 Å². The van der Waals surface area contributed by atoms with Gasteiger partial charge in [0.05, 0.1) is 10.6 Å². The second kappa shape index (κ2) is 8.33. The number of rotatable bonds is 5. The zero-order valence-electron chi connectivity index (χ0n) is 16.4. The summed E-state index contributed by atoms with van der Waals surface area (Å²) in [6.45, 7) is 1.62. The van der Waals surface area contributed by atoms with Crippen molar-refractivity contribution in [2.24, 2.45) is 4.99 Å². The smallest absolute Gasteiger partial charge is 0.311 e. The van der Waals surface area contributed by atoms with Gasteiger partial charge in [-0.3, -0.25) is 19.1 Å². The summed E-state index contributed by atoms with van der Waals surface area (Å²) in [6.07, 6.45) is 3.71. The first-order valence-electron chi connectivity index (χ1n) is 9.19. The summed E-state index contributed by atoms with van der Waals surface area (Å²) >= 11 is 2.47. The van der Waals surface area contributed by atoms with Crippen LogP contribution in [0.5, 0.6) is 5.88 Å². The van der Waals surface area contributed by atoms with Gasteiger partial charge in [0, 0.05) is 27.4 Å². The molecule has 2 aromatic carbocycles. The highest BCUT2D eigenvalue weighted by molar-refractivity contribution is 7.98. The Labute approximate surface area is 181 Å². The Kier molecular flexibility index (Phi) is 5.61. The zero-order valence-corrected chi connectivity index (χ0v) is 18.0. The highest BCUT2D eigenvalue weighted by atomic mass is 32.2. The Bertz CT molecular complexity index is 1250. The molecule has 1 aliphatic heterocycles. The maximum absolute atomic E-state index is 12.4. The molecule has 1 amide bonds. The third-order valence-electron chi connectivity index (χ3n) is 4.70. The molecule has 1 aromatic heterocycles. The lowest BCUT2D eigenvalue weighted by Crippen LogP contribution is -2.24. The minimum absolute atomic E-state index is 0.220. The number of aromatic hydroxyl groups is 1. The molecule has 4 rings (SSSR count). The molecule has 0 fully saturated rings. The lowest BCUT2D eigenvalue weighted by Gasteiger charge is -2.07. The molecule has 0 spiro atoms. The molecule has 8 heteroatoms. The maximum atomic E-state index is 12.4. The summed E-state index contributed by atoms with van der Waals surface area (Å²) < 4.78 is 1.08. The van der Waals surface area contributed by atoms with E-state index in [0.29, 0.717) is 10.6 Å². The predicted octanol–water partition coefficient (Wildman–Crippen LogP) is 4.62. The number of benzene rings is 2. The third-order valence-corrected chi connectivity index (χ3v) is 6.34. The second-order valence-electron chi connectivity index (χ2n) is 6.69. The first kappa shape index (κ1) is 20.2. The number of hydrogen-bond acceptors (Lipinski definition) is 6. The van der Waals surface area contributed by atoms with Crippen LogP contribution in [0.4, 0.5) is 11.4 Å². The summed E-state index contributed by atoms with van der Waals surface area (Å²) in [5.74, 6) is -0.602. The summed E-state index contributed by atoms with van der Waals surface area (Å²) in [6, 6.07) is 15.1. The normalized spacial score (nSPS) is 13.9. The molecule has 0 atom stereocenters. The molecule has 152 valence electrons. The Hall–Kier alpha value is -3.10. The minimum atomic E-state index is -0.395. The fourth-order valence-corrected chi connectivity index (χ4v) is 4.53. The van der Waals surface area contributed by atoms with Gasteiger partial charge in [0.1, 0.15) is 6.54 Å². The van der Waals surface area contributed by atoms with E-state index < -0.39 is 4.87 Å². The van der Waals surface area contributed by atoms with Gasteiger partial charge in [-0.2, -0.15) is 0 Å². The SMILES string of the molecule is CSc1cccc(NC(=O)Cn2c(O)c(C=C3C(C)=Nc4ccccc43)sc2=O)c1. The lowest BCUT2D eigenvalue weighted by atomic mass is 10.0. The molecule has 0 aliphatic carbocycles. The molecule has 30 heavy (non-hydrogen) atoms. The topological polar surface area (TPSA) is 83.7 Å². The molecule has 0 saturated heterocycles. The first-order valence-corrected chi connectivity index (χ1v) is 11.2. The Balaban J connectivity index is 1.58. The van der Waals surface area contributed by atoms with Crippen molar-refractivity contribution in [3.05, 3.63) is 68.6 Å². The Morgan fingerprint density at radius 2 is 2.07 bits per heavy atom. The number of para-hydroxylation sites is 1. The number of nitrogens with one attached hydrogen (secondary N) is 1. The van der Waals surface area contributed by atoms with Crippen LogP contribution in [0.25, 0.3) is 11.6 Å². The first-order chi connectivity index (χ1) is 14.5. The molecule has 2 heterocycles. The number of amides is 1. The summed E-state index contributed by atoms with van der Waals surface area (Å²) in [4.78, 5) is 30.4. The largest absolute Gasteiger partial charge is 0.493 e. The van der Waals surface area contributed by atoms with Crippen LogP contribution >= 0.6 is 23.1 Å². The Morgan fingerprint density at radius 1 is 1.27 bits per heavy atom. The minimum Gasteiger partial charge on any atom is -0.493 e. The number of carbonyl (C=O) groups is 1. The highest BCUT2D eigenvalue weighted by Gasteiger charge is 2.20. The van der Waals surface area contributed by atoms with Gasteiger partial charge in [-0.25, -0.2) is 0 Å². The molecular weight excluding hydrogens is 418 g/mol. The van der Waals surface area contributed by atoms with Gasteiger partial charge in [0.2, 0.25) is 11.8 Å². The number of anilines is 1. The molecule has 0 bridgehead atoms. The number of nitrogens with zero attached hydrogens (tertiary/aromatic N) is 2. The van der Waals surface area contributed by atoms with Gasteiger partial charge in [0.25, 0.3) is 0 Å². The van der Waals surface area contributed by atoms with E-state index in [4.69, 9.17) is 0 Å². The van der Waals surface area contributed by atoms with E-state index in [9.17, 15) is 14.7 Å². The number of thiazole rings is 1. The zero-order chi connectivity index (χ0) is 21.3. The molecular formula is C22H19N3O3S2. The van der Waals surface area contributed by atoms with Gasteiger partial charge >= 0.3 is 4.87 Å². The molecule has 0 radical (unpaired) electrons. The van der Waals surface area contributed by atoms with E-state index in [2.05, 4.69) is 10.3 Å².